The van der Waals surface area contributed by atoms with Gasteiger partial charge in [-0.25, -0.2) is 17.5 Å². The molecule has 1 aliphatic rings. The van der Waals surface area contributed by atoms with Crippen LogP contribution in [0.3, 0.4) is 0 Å². The molecule has 1 aliphatic heterocycles. The van der Waals surface area contributed by atoms with Gasteiger partial charge in [-0.3, -0.25) is 4.79 Å². The van der Waals surface area contributed by atoms with Crippen LogP contribution in [-0.4, -0.2) is 41.5 Å². The van der Waals surface area contributed by atoms with Crippen molar-refractivity contribution in [3.63, 3.8) is 0 Å². The number of benzene rings is 2. The van der Waals surface area contributed by atoms with Crippen LogP contribution in [0.1, 0.15) is 53.8 Å². The van der Waals surface area contributed by atoms with E-state index in [0.29, 0.717) is 18.8 Å². The van der Waals surface area contributed by atoms with E-state index in [2.05, 4.69) is 10.4 Å². The fourth-order valence-electron chi connectivity index (χ4n) is 4.10. The lowest BCUT2D eigenvalue weighted by molar-refractivity contribution is 0.0939. The van der Waals surface area contributed by atoms with Gasteiger partial charge in [0.15, 0.2) is 0 Å². The second-order valence-corrected chi connectivity index (χ2v) is 10.2. The quantitative estimate of drug-likeness (QED) is 0.591. The monoisotopic (exact) mass is 470 g/mol. The summed E-state index contributed by atoms with van der Waals surface area (Å²) in [7, 11) is -3.62. The molecule has 0 radical (unpaired) electrons. The lowest BCUT2D eigenvalue weighted by Crippen LogP contribution is -2.35. The van der Waals surface area contributed by atoms with E-state index < -0.39 is 10.0 Å². The average Bonchev–Trinajstić information content (AvgIpc) is 3.21. The molecule has 0 aliphatic carbocycles. The Morgan fingerprint density at radius 1 is 1.09 bits per heavy atom. The number of nitrogens with one attached hydrogen (secondary N) is 1. The largest absolute Gasteiger partial charge is 0.345 e. The molecule has 4 rings (SSSR count). The number of amides is 1. The van der Waals surface area contributed by atoms with Crippen molar-refractivity contribution in [2.24, 2.45) is 0 Å². The summed E-state index contributed by atoms with van der Waals surface area (Å²) in [6.45, 7) is 4.73. The maximum atomic E-state index is 13.2. The van der Waals surface area contributed by atoms with Crippen LogP contribution in [-0.2, 0) is 10.0 Å². The summed E-state index contributed by atoms with van der Waals surface area (Å²) in [6.07, 6.45) is 4.40. The SMILES string of the molecule is Cc1c(C(C)NC(=O)c2cccc(S(=O)(=O)N3CCCCC3)c2)cnn1-c1ccc(F)cc1. The van der Waals surface area contributed by atoms with E-state index in [1.54, 1.807) is 35.1 Å². The third-order valence-electron chi connectivity index (χ3n) is 5.98. The molecule has 7 nitrogen and oxygen atoms in total. The first-order valence-corrected chi connectivity index (χ1v) is 12.4. The number of rotatable bonds is 6. The van der Waals surface area contributed by atoms with Gasteiger partial charge < -0.3 is 5.32 Å². The van der Waals surface area contributed by atoms with Gasteiger partial charge in [0.2, 0.25) is 10.0 Å². The van der Waals surface area contributed by atoms with E-state index in [9.17, 15) is 17.6 Å². The normalized spacial score (nSPS) is 15.8. The molecule has 174 valence electrons. The van der Waals surface area contributed by atoms with Gasteiger partial charge in [-0.05, 0) is 69.2 Å². The Balaban J connectivity index is 1.51. The Bertz CT molecular complexity index is 1250. The first-order chi connectivity index (χ1) is 15.8. The Labute approximate surface area is 193 Å². The maximum Gasteiger partial charge on any atom is 0.251 e. The standard InChI is InChI=1S/C24H27FN4O3S/c1-17(23-16-26-29(18(23)2)21-11-9-20(25)10-12-21)27-24(30)19-7-6-8-22(15-19)33(31,32)28-13-4-3-5-14-28/h6-12,15-17H,3-5,13-14H2,1-2H3,(H,27,30). The summed E-state index contributed by atoms with van der Waals surface area (Å²) in [5.74, 6) is -0.693. The molecule has 33 heavy (non-hydrogen) atoms. The Kier molecular flexibility index (Phi) is 6.62. The second kappa shape index (κ2) is 9.44. The molecular weight excluding hydrogens is 443 g/mol. The van der Waals surface area contributed by atoms with Crippen molar-refractivity contribution < 1.29 is 17.6 Å². The van der Waals surface area contributed by atoms with E-state index in [0.717, 1.165) is 30.5 Å². The first-order valence-electron chi connectivity index (χ1n) is 11.0. The molecule has 1 amide bonds. The van der Waals surface area contributed by atoms with Crippen LogP contribution in [0.2, 0.25) is 0 Å². The number of piperidine rings is 1. The van der Waals surface area contributed by atoms with Crippen LogP contribution in [0.15, 0.2) is 59.6 Å². The van der Waals surface area contributed by atoms with Crippen molar-refractivity contribution in [3.8, 4) is 5.69 Å². The molecule has 1 atom stereocenters. The predicted molar refractivity (Wildman–Crippen MR) is 123 cm³/mol. The number of carbonyl (C=O) groups excluding carboxylic acids is 1. The van der Waals surface area contributed by atoms with Gasteiger partial charge in [-0.2, -0.15) is 9.40 Å². The fourth-order valence-corrected chi connectivity index (χ4v) is 5.66. The zero-order chi connectivity index (χ0) is 23.6. The van der Waals surface area contributed by atoms with Crippen molar-refractivity contribution >= 4 is 15.9 Å². The van der Waals surface area contributed by atoms with Crippen LogP contribution in [0.25, 0.3) is 5.69 Å². The summed E-state index contributed by atoms with van der Waals surface area (Å²) in [6, 6.07) is 11.8. The molecule has 0 spiro atoms. The van der Waals surface area contributed by atoms with Crippen LogP contribution in [0.4, 0.5) is 4.39 Å². The lowest BCUT2D eigenvalue weighted by atomic mass is 10.1. The van der Waals surface area contributed by atoms with Gasteiger partial charge in [0.25, 0.3) is 5.91 Å². The van der Waals surface area contributed by atoms with Gasteiger partial charge in [0.05, 0.1) is 22.8 Å². The number of aromatic nitrogens is 2. The molecule has 0 bridgehead atoms. The van der Waals surface area contributed by atoms with Crippen molar-refractivity contribution in [3.05, 3.63) is 77.4 Å². The van der Waals surface area contributed by atoms with Gasteiger partial charge in [0.1, 0.15) is 5.82 Å². The molecule has 1 N–H and O–H groups in total. The molecule has 3 aromatic rings. The number of sulfonamides is 1. The topological polar surface area (TPSA) is 84.3 Å². The summed E-state index contributed by atoms with van der Waals surface area (Å²) in [5.41, 5.74) is 2.62. The maximum absolute atomic E-state index is 13.2. The van der Waals surface area contributed by atoms with Crippen molar-refractivity contribution in [1.82, 2.24) is 19.4 Å². The summed E-state index contributed by atoms with van der Waals surface area (Å²) in [4.78, 5) is 13.1. The van der Waals surface area contributed by atoms with Crippen LogP contribution in [0.5, 0.6) is 0 Å². The van der Waals surface area contributed by atoms with Gasteiger partial charge in [-0.1, -0.05) is 12.5 Å². The van der Waals surface area contributed by atoms with Crippen molar-refractivity contribution in [2.75, 3.05) is 13.1 Å². The van der Waals surface area contributed by atoms with Crippen LogP contribution < -0.4 is 5.32 Å². The zero-order valence-electron chi connectivity index (χ0n) is 18.7. The number of hydrogen-bond donors (Lipinski definition) is 1. The Morgan fingerprint density at radius 2 is 1.79 bits per heavy atom. The average molecular weight is 471 g/mol. The number of hydrogen-bond acceptors (Lipinski definition) is 4. The third kappa shape index (κ3) is 4.84. The highest BCUT2D eigenvalue weighted by molar-refractivity contribution is 7.89. The Hall–Kier alpha value is -3.04. The van der Waals surface area contributed by atoms with E-state index in [1.165, 1.54) is 28.6 Å². The minimum Gasteiger partial charge on any atom is -0.345 e. The van der Waals surface area contributed by atoms with Gasteiger partial charge >= 0.3 is 0 Å². The van der Waals surface area contributed by atoms with Gasteiger partial charge in [0, 0.05) is 29.9 Å². The fraction of sp³-hybridized carbons (Fsp3) is 0.333. The van der Waals surface area contributed by atoms with Crippen LogP contribution in [0, 0.1) is 12.7 Å². The van der Waals surface area contributed by atoms with Crippen LogP contribution >= 0.6 is 0 Å². The number of nitrogens with zero attached hydrogens (tertiary/aromatic N) is 3. The molecule has 1 aromatic heterocycles. The predicted octanol–water partition coefficient (Wildman–Crippen LogP) is 3.99. The molecule has 1 fully saturated rings. The lowest BCUT2D eigenvalue weighted by Gasteiger charge is -2.26. The summed E-state index contributed by atoms with van der Waals surface area (Å²) >= 11 is 0. The molecule has 2 aromatic carbocycles. The highest BCUT2D eigenvalue weighted by atomic mass is 32.2. The summed E-state index contributed by atoms with van der Waals surface area (Å²) in [5, 5.41) is 7.30. The number of halogens is 1. The minimum absolute atomic E-state index is 0.130. The number of carbonyl (C=O) groups is 1. The molecule has 0 saturated carbocycles. The van der Waals surface area contributed by atoms with E-state index in [4.69, 9.17) is 0 Å². The molecule has 1 unspecified atom stereocenters. The smallest absolute Gasteiger partial charge is 0.251 e. The van der Waals surface area contributed by atoms with E-state index >= 15 is 0 Å². The molecule has 2 heterocycles. The van der Waals surface area contributed by atoms with E-state index in [-0.39, 0.29) is 28.2 Å². The first kappa shape index (κ1) is 23.1. The summed E-state index contributed by atoms with van der Waals surface area (Å²) < 4.78 is 42.3. The Morgan fingerprint density at radius 3 is 2.48 bits per heavy atom. The minimum atomic E-state index is -3.62. The zero-order valence-corrected chi connectivity index (χ0v) is 19.5. The molecule has 1 saturated heterocycles. The van der Waals surface area contributed by atoms with Gasteiger partial charge in [-0.15, -0.1) is 0 Å². The third-order valence-corrected chi connectivity index (χ3v) is 7.88. The van der Waals surface area contributed by atoms with Crippen molar-refractivity contribution in [2.45, 2.75) is 44.0 Å². The molecule has 9 heteroatoms. The van der Waals surface area contributed by atoms with Crippen molar-refractivity contribution in [1.29, 1.82) is 0 Å². The highest BCUT2D eigenvalue weighted by Gasteiger charge is 2.27. The highest BCUT2D eigenvalue weighted by Crippen LogP contribution is 2.23. The molecular formula is C24H27FN4O3S. The second-order valence-electron chi connectivity index (χ2n) is 8.26. The van der Waals surface area contributed by atoms with E-state index in [1.807, 2.05) is 13.8 Å².